The lowest BCUT2D eigenvalue weighted by Crippen LogP contribution is -2.15. The van der Waals surface area contributed by atoms with E-state index in [-0.39, 0.29) is 11.0 Å². The molecule has 0 amide bonds. The molecule has 0 N–H and O–H groups in total. The highest BCUT2D eigenvalue weighted by Crippen LogP contribution is 2.29. The summed E-state index contributed by atoms with van der Waals surface area (Å²) in [5.74, 6) is 0.711. The Morgan fingerprint density at radius 3 is 2.50 bits per heavy atom. The van der Waals surface area contributed by atoms with E-state index in [1.807, 2.05) is 63.2 Å². The SMILES string of the molecule is COc1ccc(C)cc1-n1nnnc1SC(C)C(=O)c1ccc(C)cc1. The van der Waals surface area contributed by atoms with Gasteiger partial charge in [-0.15, -0.1) is 5.10 Å². The maximum Gasteiger partial charge on any atom is 0.214 e. The van der Waals surface area contributed by atoms with Gasteiger partial charge in [-0.25, -0.2) is 0 Å². The third-order valence-electron chi connectivity index (χ3n) is 3.99. The number of tetrazole rings is 1. The Balaban J connectivity index is 1.86. The fourth-order valence-electron chi connectivity index (χ4n) is 2.53. The van der Waals surface area contributed by atoms with E-state index in [2.05, 4.69) is 15.5 Å². The van der Waals surface area contributed by atoms with Gasteiger partial charge in [0.25, 0.3) is 0 Å². The molecule has 0 aliphatic heterocycles. The average molecular weight is 368 g/mol. The van der Waals surface area contributed by atoms with E-state index in [4.69, 9.17) is 4.74 Å². The Labute approximate surface area is 156 Å². The third kappa shape index (κ3) is 3.77. The molecule has 0 fully saturated rings. The van der Waals surface area contributed by atoms with Crippen molar-refractivity contribution in [2.24, 2.45) is 0 Å². The Morgan fingerprint density at radius 1 is 1.12 bits per heavy atom. The number of Topliss-reactive ketones (excluding diaryl/α,β-unsaturated/α-hetero) is 1. The highest BCUT2D eigenvalue weighted by atomic mass is 32.2. The first-order chi connectivity index (χ1) is 12.5. The molecule has 26 heavy (non-hydrogen) atoms. The summed E-state index contributed by atoms with van der Waals surface area (Å²) in [7, 11) is 1.61. The van der Waals surface area contributed by atoms with Gasteiger partial charge in [0.05, 0.1) is 12.4 Å². The van der Waals surface area contributed by atoms with E-state index >= 15 is 0 Å². The zero-order valence-electron chi connectivity index (χ0n) is 15.1. The topological polar surface area (TPSA) is 69.9 Å². The number of thioether (sulfide) groups is 1. The first-order valence-corrected chi connectivity index (χ1v) is 9.08. The number of ether oxygens (including phenoxy) is 1. The Morgan fingerprint density at radius 2 is 1.81 bits per heavy atom. The molecule has 0 spiro atoms. The number of hydrogen-bond donors (Lipinski definition) is 0. The number of rotatable bonds is 6. The van der Waals surface area contributed by atoms with Crippen LogP contribution in [0.1, 0.15) is 28.4 Å². The predicted octanol–water partition coefficient (Wildman–Crippen LogP) is 3.65. The van der Waals surface area contributed by atoms with Crippen molar-refractivity contribution >= 4 is 17.5 Å². The first kappa shape index (κ1) is 18.1. The van der Waals surface area contributed by atoms with Crippen LogP contribution in [0.2, 0.25) is 0 Å². The van der Waals surface area contributed by atoms with Crippen molar-refractivity contribution in [1.29, 1.82) is 0 Å². The van der Waals surface area contributed by atoms with Crippen molar-refractivity contribution in [3.8, 4) is 11.4 Å². The molecular weight excluding hydrogens is 348 g/mol. The molecule has 1 aromatic heterocycles. The molecule has 7 heteroatoms. The van der Waals surface area contributed by atoms with Crippen molar-refractivity contribution in [3.63, 3.8) is 0 Å². The summed E-state index contributed by atoms with van der Waals surface area (Å²) in [4.78, 5) is 12.7. The fraction of sp³-hybridized carbons (Fsp3) is 0.263. The average Bonchev–Trinajstić information content (AvgIpc) is 3.09. The molecule has 3 aromatic rings. The van der Waals surface area contributed by atoms with Crippen molar-refractivity contribution in [2.45, 2.75) is 31.2 Å². The summed E-state index contributed by atoms with van der Waals surface area (Å²) in [6.45, 7) is 5.85. The van der Waals surface area contributed by atoms with E-state index in [0.29, 0.717) is 16.5 Å². The number of nitrogens with zero attached hydrogens (tertiary/aromatic N) is 4. The number of carbonyl (C=O) groups excluding carboxylic acids is 1. The van der Waals surface area contributed by atoms with Gasteiger partial charge < -0.3 is 4.74 Å². The Bertz CT molecular complexity index is 922. The second kappa shape index (κ2) is 7.70. The van der Waals surface area contributed by atoms with Crippen LogP contribution in [-0.2, 0) is 0 Å². The van der Waals surface area contributed by atoms with E-state index in [0.717, 1.165) is 16.8 Å². The maximum atomic E-state index is 12.7. The molecule has 134 valence electrons. The van der Waals surface area contributed by atoms with Crippen LogP contribution in [0.25, 0.3) is 5.69 Å². The molecule has 0 aliphatic rings. The number of hydrogen-bond acceptors (Lipinski definition) is 6. The first-order valence-electron chi connectivity index (χ1n) is 8.20. The molecule has 0 saturated heterocycles. The zero-order valence-corrected chi connectivity index (χ0v) is 15.9. The van der Waals surface area contributed by atoms with Gasteiger partial charge in [-0.2, -0.15) is 4.68 Å². The van der Waals surface area contributed by atoms with Gasteiger partial charge in [-0.1, -0.05) is 47.7 Å². The van der Waals surface area contributed by atoms with Crippen molar-refractivity contribution in [1.82, 2.24) is 20.2 Å². The number of aryl methyl sites for hydroxylation is 2. The predicted molar refractivity (Wildman–Crippen MR) is 101 cm³/mol. The smallest absolute Gasteiger partial charge is 0.214 e. The lowest BCUT2D eigenvalue weighted by molar-refractivity contribution is 0.0994. The number of methoxy groups -OCH3 is 1. The molecule has 2 aromatic carbocycles. The normalized spacial score (nSPS) is 12.0. The molecule has 3 rings (SSSR count). The summed E-state index contributed by atoms with van der Waals surface area (Å²) in [6.07, 6.45) is 0. The van der Waals surface area contributed by atoms with Crippen LogP contribution in [0, 0.1) is 13.8 Å². The minimum Gasteiger partial charge on any atom is -0.494 e. The molecule has 0 bridgehead atoms. The quantitative estimate of drug-likeness (QED) is 0.489. The Hall–Kier alpha value is -2.67. The number of benzene rings is 2. The van der Waals surface area contributed by atoms with Gasteiger partial charge in [-0.05, 0) is 48.9 Å². The van der Waals surface area contributed by atoms with Gasteiger partial charge in [0.1, 0.15) is 11.4 Å². The van der Waals surface area contributed by atoms with Crippen molar-refractivity contribution < 1.29 is 9.53 Å². The molecule has 6 nitrogen and oxygen atoms in total. The molecule has 0 radical (unpaired) electrons. The minimum absolute atomic E-state index is 0.0424. The van der Waals surface area contributed by atoms with Crippen LogP contribution < -0.4 is 4.74 Å². The Kier molecular flexibility index (Phi) is 5.37. The largest absolute Gasteiger partial charge is 0.494 e. The summed E-state index contributed by atoms with van der Waals surface area (Å²) in [6, 6.07) is 13.4. The second-order valence-corrected chi connectivity index (χ2v) is 7.35. The van der Waals surface area contributed by atoms with Gasteiger partial charge in [0, 0.05) is 5.56 Å². The van der Waals surface area contributed by atoms with Gasteiger partial charge in [0.2, 0.25) is 5.16 Å². The standard InChI is InChI=1S/C19H20N4O2S/c1-12-5-8-15(9-6-12)18(24)14(3)26-19-20-21-22-23(19)16-11-13(2)7-10-17(16)25-4/h5-11,14H,1-4H3. The number of carbonyl (C=O) groups is 1. The van der Waals surface area contributed by atoms with E-state index in [1.165, 1.54) is 11.8 Å². The monoisotopic (exact) mass is 368 g/mol. The highest BCUT2D eigenvalue weighted by molar-refractivity contribution is 8.00. The number of aromatic nitrogens is 4. The van der Waals surface area contributed by atoms with Crippen LogP contribution in [0.5, 0.6) is 5.75 Å². The molecule has 1 atom stereocenters. The lowest BCUT2D eigenvalue weighted by atomic mass is 10.1. The molecule has 0 saturated carbocycles. The van der Waals surface area contributed by atoms with Crippen LogP contribution >= 0.6 is 11.8 Å². The lowest BCUT2D eigenvalue weighted by Gasteiger charge is -2.12. The maximum absolute atomic E-state index is 12.7. The summed E-state index contributed by atoms with van der Waals surface area (Å²) >= 11 is 1.33. The number of ketones is 1. The van der Waals surface area contributed by atoms with E-state index < -0.39 is 0 Å². The summed E-state index contributed by atoms with van der Waals surface area (Å²) in [5, 5.41) is 12.2. The summed E-state index contributed by atoms with van der Waals surface area (Å²) in [5.41, 5.74) is 3.62. The van der Waals surface area contributed by atoms with E-state index in [9.17, 15) is 4.79 Å². The molecular formula is C19H20N4O2S. The zero-order chi connectivity index (χ0) is 18.7. The fourth-order valence-corrected chi connectivity index (χ4v) is 3.41. The van der Waals surface area contributed by atoms with Crippen LogP contribution in [0.3, 0.4) is 0 Å². The highest BCUT2D eigenvalue weighted by Gasteiger charge is 2.21. The summed E-state index contributed by atoms with van der Waals surface area (Å²) < 4.78 is 7.03. The second-order valence-electron chi connectivity index (χ2n) is 6.04. The van der Waals surface area contributed by atoms with Gasteiger partial charge in [-0.3, -0.25) is 4.79 Å². The van der Waals surface area contributed by atoms with Gasteiger partial charge in [0.15, 0.2) is 5.78 Å². The van der Waals surface area contributed by atoms with Gasteiger partial charge >= 0.3 is 0 Å². The minimum atomic E-state index is -0.321. The molecule has 1 unspecified atom stereocenters. The van der Waals surface area contributed by atoms with Crippen molar-refractivity contribution in [3.05, 3.63) is 59.2 Å². The molecule has 1 heterocycles. The van der Waals surface area contributed by atoms with E-state index in [1.54, 1.807) is 11.8 Å². The van der Waals surface area contributed by atoms with Crippen LogP contribution in [-0.4, -0.2) is 38.4 Å². The van der Waals surface area contributed by atoms with Crippen molar-refractivity contribution in [2.75, 3.05) is 7.11 Å². The van der Waals surface area contributed by atoms with Crippen LogP contribution in [0.4, 0.5) is 0 Å². The van der Waals surface area contributed by atoms with Crippen LogP contribution in [0.15, 0.2) is 47.6 Å². The third-order valence-corrected chi connectivity index (χ3v) is 5.02. The molecule has 0 aliphatic carbocycles.